The third kappa shape index (κ3) is 27.3. The first kappa shape index (κ1) is 87.0. The quantitative estimate of drug-likeness (QED) is 0.0985. The van der Waals surface area contributed by atoms with Crippen LogP contribution in [0.5, 0.6) is 0 Å². The van der Waals surface area contributed by atoms with Gasteiger partial charge in [0.15, 0.2) is 0 Å². The van der Waals surface area contributed by atoms with Crippen molar-refractivity contribution in [1.82, 2.24) is 95.7 Å². The number of aliphatic hydroxyl groups is 1. The van der Waals surface area contributed by atoms with Crippen LogP contribution in [0.1, 0.15) is 89.1 Å². The molecule has 0 amide bonds. The van der Waals surface area contributed by atoms with E-state index < -0.39 is 23.3 Å². The molecule has 0 aliphatic rings. The number of aryl methyl sites for hydroxylation is 4. The SMILES string of the molecule is CC(C)(C)c1ccnc(-c2[c-]nc(C(C)(C)C)nc2)c1.CCCc1nc(-c2[c-]cccc2)n(C)n1.Cc1cc(-c2ccccn2)[n-]n1.Cc1cc(-c2ccccn2)[n-]n1.Fc1c[c-]c(-c2ccccn2)c(F)c1.OCc1ccnc(-c2[c-]cc(F)cc2F)c1.[Ir].[Ir].[Ir].[Ir].c1ccc(-c2nnn[n-]2)nc1. The van der Waals surface area contributed by atoms with Crippen molar-refractivity contribution < 1.29 is 103 Å². The molecule has 0 spiro atoms. The Morgan fingerprint density at radius 1 is 0.519 bits per heavy atom. The number of rotatable bonds is 10. The average Bonchev–Trinajstić information content (AvgIpc) is 1.85. The third-order valence-corrected chi connectivity index (χ3v) is 13.7. The van der Waals surface area contributed by atoms with Crippen molar-refractivity contribution in [2.24, 2.45) is 7.05 Å². The van der Waals surface area contributed by atoms with Crippen molar-refractivity contribution in [3.63, 3.8) is 0 Å². The topological polar surface area (TPSA) is 261 Å². The summed E-state index contributed by atoms with van der Waals surface area (Å²) >= 11 is 0. The number of halogens is 4. The van der Waals surface area contributed by atoms with E-state index in [0.717, 1.165) is 106 Å². The van der Waals surface area contributed by atoms with E-state index in [2.05, 4.69) is 170 Å². The van der Waals surface area contributed by atoms with E-state index in [1.54, 1.807) is 55.1 Å². The molecule has 11 aromatic heterocycles. The monoisotopic (exact) mass is 2110 g/mol. The summed E-state index contributed by atoms with van der Waals surface area (Å²) in [5, 5.41) is 43.0. The van der Waals surface area contributed by atoms with Gasteiger partial charge in [0.2, 0.25) is 0 Å². The molecule has 0 aliphatic carbocycles. The molecule has 0 bridgehead atoms. The molecular weight excluding hydrogens is 2040 g/mol. The standard InChI is InChI=1S/C17H22N3.C12H8F2NO.C12H14N3.C11H6F2N.2C9H8N3.C6H4N5.4Ir/c1-16(2,3)13-7-8-18-14(9-13)12-10-19-15(20-11-12)17(4,5)6;13-9-1-2-10(11(14)6-9)12-5-8(7-16)3-4-15-12;1-3-7-11-13-12(15(2)14-11)10-8-5-4-6-9-10;12-8-4-5-9(10(13)7-8)11-3-1-2-6-14-11;2*1-7-6-9(12-11-7)8-4-2-3-5-10-8;1-2-4-7-5(3-1)6-8-10-11-9-6;;;;/h7-10H,1-6H3;1,3-6,16H,7H2;4-6,8H,3,7H2,1-2H3;1-4,6-7H;2*2-6H,1H3;1-4H;;;;/q7*-1;;;;. The van der Waals surface area contributed by atoms with E-state index in [9.17, 15) is 17.6 Å². The van der Waals surface area contributed by atoms with Crippen LogP contribution in [0.3, 0.4) is 0 Å². The van der Waals surface area contributed by atoms with Gasteiger partial charge in [0.1, 0.15) is 5.82 Å². The van der Waals surface area contributed by atoms with Crippen LogP contribution in [0, 0.1) is 61.5 Å². The predicted molar refractivity (Wildman–Crippen MR) is 371 cm³/mol. The molecule has 104 heavy (non-hydrogen) atoms. The summed E-state index contributed by atoms with van der Waals surface area (Å²) in [7, 11) is 1.92. The number of hydrogen-bond acceptors (Lipinski definition) is 16. The molecule has 11 heterocycles. The fourth-order valence-corrected chi connectivity index (χ4v) is 8.66. The molecule has 28 heteroatoms. The number of aliphatic hydroxyl groups excluding tert-OH is 1. The minimum Gasteiger partial charge on any atom is -0.574 e. The zero-order chi connectivity index (χ0) is 71.4. The Morgan fingerprint density at radius 3 is 1.48 bits per heavy atom. The average molecular weight is 2110 g/mol. The smallest absolute Gasteiger partial charge is 0.140 e. The van der Waals surface area contributed by atoms with Gasteiger partial charge < -0.3 is 55.5 Å². The van der Waals surface area contributed by atoms with Gasteiger partial charge in [0.25, 0.3) is 0 Å². The molecule has 0 fully saturated rings. The first-order valence-corrected chi connectivity index (χ1v) is 31.3. The summed E-state index contributed by atoms with van der Waals surface area (Å²) in [6.45, 7) is 18.7. The van der Waals surface area contributed by atoms with Crippen LogP contribution in [-0.4, -0.2) is 85.5 Å². The van der Waals surface area contributed by atoms with Crippen molar-refractivity contribution >= 4 is 0 Å². The molecular formula is C76H70F4Ir4N19O-7. The molecule has 0 atom stereocenters. The minimum absolute atomic E-state index is 0. The Kier molecular flexibility index (Phi) is 36.5. The number of aromatic nitrogens is 19. The molecule has 14 rings (SSSR count). The number of benzene rings is 3. The maximum absolute atomic E-state index is 13.4. The van der Waals surface area contributed by atoms with Gasteiger partial charge in [-0.25, -0.2) is 0 Å². The first-order chi connectivity index (χ1) is 48.1. The predicted octanol–water partition coefficient (Wildman–Crippen LogP) is 14.0. The van der Waals surface area contributed by atoms with Crippen molar-refractivity contribution in [2.45, 2.75) is 92.6 Å². The normalized spacial score (nSPS) is 10.3. The van der Waals surface area contributed by atoms with Gasteiger partial charge >= 0.3 is 0 Å². The van der Waals surface area contributed by atoms with Crippen molar-refractivity contribution in [1.29, 1.82) is 0 Å². The zero-order valence-corrected chi connectivity index (χ0v) is 67.5. The Bertz CT molecular complexity index is 4650. The van der Waals surface area contributed by atoms with Crippen molar-refractivity contribution in [2.75, 3.05) is 0 Å². The summed E-state index contributed by atoms with van der Waals surface area (Å²) in [6.07, 6.45) is 16.9. The van der Waals surface area contributed by atoms with E-state index in [0.29, 0.717) is 28.5 Å². The van der Waals surface area contributed by atoms with Gasteiger partial charge in [-0.05, 0) is 120 Å². The van der Waals surface area contributed by atoms with Crippen LogP contribution in [0.25, 0.3) is 79.5 Å². The third-order valence-electron chi connectivity index (χ3n) is 13.7. The zero-order valence-electron chi connectivity index (χ0n) is 58.0. The summed E-state index contributed by atoms with van der Waals surface area (Å²) in [5.41, 5.74) is 11.6. The number of pyridine rings is 6. The van der Waals surface area contributed by atoms with Crippen LogP contribution in [0.4, 0.5) is 17.6 Å². The Labute approximate surface area is 655 Å². The number of hydrogen-bond donors (Lipinski definition) is 1. The number of tetrazole rings is 1. The Hall–Kier alpha value is -9.45. The molecule has 4 radical (unpaired) electrons. The van der Waals surface area contributed by atoms with Gasteiger partial charge in [-0.3, -0.25) is 52.5 Å². The minimum atomic E-state index is -0.720. The van der Waals surface area contributed by atoms with Gasteiger partial charge in [-0.1, -0.05) is 149 Å². The molecule has 3 aromatic carbocycles. The van der Waals surface area contributed by atoms with Crippen LogP contribution >= 0.6 is 0 Å². The van der Waals surface area contributed by atoms with Crippen molar-refractivity contribution in [3.8, 4) is 79.5 Å². The Balaban J connectivity index is 0.000000257. The molecule has 14 aromatic rings. The van der Waals surface area contributed by atoms with Gasteiger partial charge in [-0.2, -0.15) is 10.3 Å². The van der Waals surface area contributed by atoms with Crippen molar-refractivity contribution in [3.05, 3.63) is 283 Å². The summed E-state index contributed by atoms with van der Waals surface area (Å²) in [5.74, 6) is 0.373. The summed E-state index contributed by atoms with van der Waals surface area (Å²) in [4.78, 5) is 37.9. The molecule has 1 N–H and O–H groups in total. The van der Waals surface area contributed by atoms with E-state index in [1.807, 2.05) is 129 Å². The van der Waals surface area contributed by atoms with Crippen LogP contribution in [-0.2, 0) is 111 Å². The van der Waals surface area contributed by atoms with E-state index in [4.69, 9.17) is 5.11 Å². The number of nitrogens with zero attached hydrogens (tertiary/aromatic N) is 19. The summed E-state index contributed by atoms with van der Waals surface area (Å²) in [6, 6.07) is 52.9. The molecule has 0 unspecified atom stereocenters. The van der Waals surface area contributed by atoms with E-state index in [-0.39, 0.29) is 109 Å². The first-order valence-electron chi connectivity index (χ1n) is 31.3. The second-order valence-electron chi connectivity index (χ2n) is 23.7. The molecule has 546 valence electrons. The fourth-order valence-electron chi connectivity index (χ4n) is 8.66. The Morgan fingerprint density at radius 2 is 1.04 bits per heavy atom. The van der Waals surface area contributed by atoms with Crippen LogP contribution in [0.2, 0.25) is 0 Å². The van der Waals surface area contributed by atoms with E-state index >= 15 is 0 Å². The fraction of sp³-hybridized carbons (Fsp3) is 0.197. The molecule has 0 saturated heterocycles. The van der Waals surface area contributed by atoms with Gasteiger partial charge in [-0.15, -0.1) is 60.2 Å². The second-order valence-corrected chi connectivity index (χ2v) is 23.7. The molecule has 0 saturated carbocycles. The summed E-state index contributed by atoms with van der Waals surface area (Å²) < 4.78 is 53.7. The largest absolute Gasteiger partial charge is 0.574 e. The van der Waals surface area contributed by atoms with E-state index in [1.165, 1.54) is 17.8 Å². The molecule has 20 nitrogen and oxygen atoms in total. The maximum atomic E-state index is 13.4. The molecule has 0 aliphatic heterocycles. The second kappa shape index (κ2) is 43.6. The van der Waals surface area contributed by atoms with Crippen LogP contribution < -0.4 is 15.3 Å². The maximum Gasteiger partial charge on any atom is 0.140 e. The van der Waals surface area contributed by atoms with Crippen LogP contribution in [0.15, 0.2) is 201 Å². The van der Waals surface area contributed by atoms with Gasteiger partial charge in [0.05, 0.1) is 23.9 Å². The van der Waals surface area contributed by atoms with Gasteiger partial charge in [0, 0.05) is 183 Å².